The molecule has 2 rings (SSSR count). The third-order valence-electron chi connectivity index (χ3n) is 4.76. The van der Waals surface area contributed by atoms with Crippen LogP contribution >= 0.6 is 0 Å². The van der Waals surface area contributed by atoms with Crippen LogP contribution in [0.2, 0.25) is 0 Å². The number of rotatable bonds is 4. The molecule has 3 nitrogen and oxygen atoms in total. The number of hydrogen-bond donors (Lipinski definition) is 2. The van der Waals surface area contributed by atoms with Gasteiger partial charge in [0.25, 0.3) is 0 Å². The number of anilines is 1. The highest BCUT2D eigenvalue weighted by atomic mass is 16.2. The zero-order valence-electron chi connectivity index (χ0n) is 13.3. The van der Waals surface area contributed by atoms with Gasteiger partial charge < -0.3 is 11.1 Å². The van der Waals surface area contributed by atoms with E-state index in [2.05, 4.69) is 25.2 Å². The van der Waals surface area contributed by atoms with Gasteiger partial charge in [-0.05, 0) is 30.4 Å². The molecule has 1 amide bonds. The summed E-state index contributed by atoms with van der Waals surface area (Å²) in [6.07, 6.45) is 6.49. The lowest BCUT2D eigenvalue weighted by Crippen LogP contribution is -2.42. The standard InChI is InChI=1S/C18H28N2O/c1-14(2)15-9-5-6-10-16(15)20-17(21)18(13-19)11-7-3-4-8-12-18/h5-6,9-10,14H,3-4,7-8,11-13,19H2,1-2H3,(H,20,21). The van der Waals surface area contributed by atoms with E-state index in [0.29, 0.717) is 12.5 Å². The average Bonchev–Trinajstić information content (AvgIpc) is 2.74. The van der Waals surface area contributed by atoms with Gasteiger partial charge in [-0.3, -0.25) is 4.79 Å². The Morgan fingerprint density at radius 3 is 2.38 bits per heavy atom. The minimum atomic E-state index is -0.374. The normalized spacial score (nSPS) is 18.3. The first-order valence-corrected chi connectivity index (χ1v) is 8.19. The molecule has 1 aromatic rings. The lowest BCUT2D eigenvalue weighted by atomic mass is 9.79. The molecule has 3 N–H and O–H groups in total. The topological polar surface area (TPSA) is 55.1 Å². The average molecular weight is 288 g/mol. The van der Waals surface area contributed by atoms with Gasteiger partial charge in [0, 0.05) is 12.2 Å². The quantitative estimate of drug-likeness (QED) is 0.821. The Morgan fingerprint density at radius 2 is 1.81 bits per heavy atom. The van der Waals surface area contributed by atoms with Crippen molar-refractivity contribution in [3.8, 4) is 0 Å². The van der Waals surface area contributed by atoms with Gasteiger partial charge in [-0.2, -0.15) is 0 Å². The van der Waals surface area contributed by atoms with Gasteiger partial charge in [-0.15, -0.1) is 0 Å². The summed E-state index contributed by atoms with van der Waals surface area (Å²) in [5.74, 6) is 0.504. The third kappa shape index (κ3) is 3.65. The van der Waals surface area contributed by atoms with E-state index in [0.717, 1.165) is 31.4 Å². The molecular formula is C18H28N2O. The Kier molecular flexibility index (Phi) is 5.40. The van der Waals surface area contributed by atoms with E-state index in [1.165, 1.54) is 18.4 Å². The first-order valence-electron chi connectivity index (χ1n) is 8.19. The summed E-state index contributed by atoms with van der Waals surface area (Å²) in [6, 6.07) is 8.08. The minimum Gasteiger partial charge on any atom is -0.329 e. The van der Waals surface area contributed by atoms with Crippen LogP contribution in [0.25, 0.3) is 0 Å². The van der Waals surface area contributed by atoms with E-state index < -0.39 is 0 Å². The Labute approximate surface area is 128 Å². The lowest BCUT2D eigenvalue weighted by molar-refractivity contribution is -0.125. The number of benzene rings is 1. The van der Waals surface area contributed by atoms with Crippen LogP contribution in [0.5, 0.6) is 0 Å². The number of hydrogen-bond acceptors (Lipinski definition) is 2. The molecule has 3 heteroatoms. The maximum Gasteiger partial charge on any atom is 0.231 e. The highest BCUT2D eigenvalue weighted by molar-refractivity contribution is 5.96. The summed E-state index contributed by atoms with van der Waals surface area (Å²) in [5.41, 5.74) is 7.75. The van der Waals surface area contributed by atoms with Gasteiger partial charge in [-0.1, -0.05) is 57.7 Å². The number of carbonyl (C=O) groups excluding carboxylic acids is 1. The molecule has 0 saturated heterocycles. The summed E-state index contributed by atoms with van der Waals surface area (Å²) in [4.78, 5) is 12.9. The molecule has 1 aliphatic carbocycles. The molecule has 0 atom stereocenters. The van der Waals surface area contributed by atoms with E-state index >= 15 is 0 Å². The fourth-order valence-corrected chi connectivity index (χ4v) is 3.30. The largest absolute Gasteiger partial charge is 0.329 e. The number of amides is 1. The van der Waals surface area contributed by atoms with Crippen LogP contribution in [0.3, 0.4) is 0 Å². The fraction of sp³-hybridized carbons (Fsp3) is 0.611. The SMILES string of the molecule is CC(C)c1ccccc1NC(=O)C1(CN)CCCCCC1. The zero-order chi connectivity index (χ0) is 15.3. The van der Waals surface area contributed by atoms with Crippen LogP contribution < -0.4 is 11.1 Å². The van der Waals surface area contributed by atoms with Crippen molar-refractivity contribution in [1.82, 2.24) is 0 Å². The summed E-state index contributed by atoms with van der Waals surface area (Å²) >= 11 is 0. The smallest absolute Gasteiger partial charge is 0.231 e. The van der Waals surface area contributed by atoms with Gasteiger partial charge in [0.2, 0.25) is 5.91 Å². The molecule has 1 aromatic carbocycles. The highest BCUT2D eigenvalue weighted by Crippen LogP contribution is 2.36. The van der Waals surface area contributed by atoms with E-state index in [4.69, 9.17) is 5.73 Å². The maximum atomic E-state index is 12.9. The fourth-order valence-electron chi connectivity index (χ4n) is 3.30. The minimum absolute atomic E-state index is 0.111. The maximum absolute atomic E-state index is 12.9. The molecule has 1 aliphatic rings. The Hall–Kier alpha value is -1.35. The molecular weight excluding hydrogens is 260 g/mol. The molecule has 1 saturated carbocycles. The van der Waals surface area contributed by atoms with Crippen LogP contribution in [0.15, 0.2) is 24.3 Å². The van der Waals surface area contributed by atoms with Crippen LogP contribution in [0.1, 0.15) is 63.9 Å². The van der Waals surface area contributed by atoms with E-state index in [1.54, 1.807) is 0 Å². The van der Waals surface area contributed by atoms with Crippen molar-refractivity contribution in [3.05, 3.63) is 29.8 Å². The van der Waals surface area contributed by atoms with Gasteiger partial charge in [0.05, 0.1) is 5.41 Å². The van der Waals surface area contributed by atoms with Crippen molar-refractivity contribution in [2.75, 3.05) is 11.9 Å². The third-order valence-corrected chi connectivity index (χ3v) is 4.76. The van der Waals surface area contributed by atoms with E-state index in [9.17, 15) is 4.79 Å². The predicted molar refractivity (Wildman–Crippen MR) is 88.4 cm³/mol. The summed E-state index contributed by atoms with van der Waals surface area (Å²) in [6.45, 7) is 4.74. The second-order valence-electron chi connectivity index (χ2n) is 6.59. The zero-order valence-corrected chi connectivity index (χ0v) is 13.3. The van der Waals surface area contributed by atoms with Gasteiger partial charge in [0.1, 0.15) is 0 Å². The van der Waals surface area contributed by atoms with E-state index in [-0.39, 0.29) is 11.3 Å². The molecule has 116 valence electrons. The predicted octanol–water partition coefficient (Wildman–Crippen LogP) is 4.05. The molecule has 0 aromatic heterocycles. The molecule has 0 heterocycles. The second-order valence-corrected chi connectivity index (χ2v) is 6.59. The Morgan fingerprint density at radius 1 is 1.19 bits per heavy atom. The van der Waals surface area contributed by atoms with Crippen molar-refractivity contribution in [2.24, 2.45) is 11.1 Å². The van der Waals surface area contributed by atoms with Crippen LogP contribution in [-0.2, 0) is 4.79 Å². The van der Waals surface area contributed by atoms with Gasteiger partial charge in [0.15, 0.2) is 0 Å². The van der Waals surface area contributed by atoms with Gasteiger partial charge >= 0.3 is 0 Å². The van der Waals surface area contributed by atoms with Crippen LogP contribution in [0.4, 0.5) is 5.69 Å². The summed E-state index contributed by atoms with van der Waals surface area (Å²) in [7, 11) is 0. The number of nitrogens with one attached hydrogen (secondary N) is 1. The Balaban J connectivity index is 2.19. The van der Waals surface area contributed by atoms with Crippen molar-refractivity contribution >= 4 is 11.6 Å². The first-order chi connectivity index (χ1) is 10.1. The molecule has 1 fully saturated rings. The highest BCUT2D eigenvalue weighted by Gasteiger charge is 2.37. The number of carbonyl (C=O) groups is 1. The molecule has 0 aliphatic heterocycles. The second kappa shape index (κ2) is 7.08. The molecule has 21 heavy (non-hydrogen) atoms. The van der Waals surface area contributed by atoms with Crippen molar-refractivity contribution in [3.63, 3.8) is 0 Å². The monoisotopic (exact) mass is 288 g/mol. The van der Waals surface area contributed by atoms with Crippen molar-refractivity contribution < 1.29 is 4.79 Å². The van der Waals surface area contributed by atoms with Crippen LogP contribution in [-0.4, -0.2) is 12.5 Å². The van der Waals surface area contributed by atoms with E-state index in [1.807, 2.05) is 18.2 Å². The number of para-hydroxylation sites is 1. The van der Waals surface area contributed by atoms with Crippen molar-refractivity contribution in [1.29, 1.82) is 0 Å². The Bertz CT molecular complexity index is 474. The number of nitrogens with two attached hydrogens (primary N) is 1. The first kappa shape index (κ1) is 16.0. The molecule has 0 bridgehead atoms. The van der Waals surface area contributed by atoms with Crippen LogP contribution in [0, 0.1) is 5.41 Å². The summed E-state index contributed by atoms with van der Waals surface area (Å²) in [5, 5.41) is 3.16. The lowest BCUT2D eigenvalue weighted by Gasteiger charge is -2.30. The van der Waals surface area contributed by atoms with Crippen molar-refractivity contribution in [2.45, 2.75) is 58.3 Å². The summed E-state index contributed by atoms with van der Waals surface area (Å²) < 4.78 is 0. The van der Waals surface area contributed by atoms with Gasteiger partial charge in [-0.25, -0.2) is 0 Å². The molecule has 0 spiro atoms. The molecule has 0 radical (unpaired) electrons. The molecule has 0 unspecified atom stereocenters.